The minimum absolute atomic E-state index is 0.0436. The Labute approximate surface area is 138 Å². The molecule has 23 heavy (non-hydrogen) atoms. The van der Waals surface area contributed by atoms with Crippen molar-refractivity contribution in [3.63, 3.8) is 0 Å². The van der Waals surface area contributed by atoms with E-state index in [-0.39, 0.29) is 12.2 Å². The van der Waals surface area contributed by atoms with Crippen LogP contribution in [0.3, 0.4) is 0 Å². The monoisotopic (exact) mass is 321 g/mol. The Hall–Kier alpha value is -1.91. The van der Waals surface area contributed by atoms with Gasteiger partial charge in [0.1, 0.15) is 11.7 Å². The van der Waals surface area contributed by atoms with E-state index in [9.17, 15) is 4.79 Å². The summed E-state index contributed by atoms with van der Waals surface area (Å²) in [6.07, 6.45) is 1.50. The zero-order chi connectivity index (χ0) is 16.9. The van der Waals surface area contributed by atoms with Gasteiger partial charge in [0, 0.05) is 6.54 Å². The van der Waals surface area contributed by atoms with Gasteiger partial charge in [0.25, 0.3) is 0 Å². The zero-order valence-electron chi connectivity index (χ0n) is 14.5. The number of nitrogens with zero attached hydrogens (tertiary/aromatic N) is 1. The fourth-order valence-corrected chi connectivity index (χ4v) is 2.53. The van der Waals surface area contributed by atoms with Gasteiger partial charge in [0.2, 0.25) is 0 Å². The van der Waals surface area contributed by atoms with Crippen molar-refractivity contribution in [1.29, 1.82) is 0 Å². The van der Waals surface area contributed by atoms with Crippen LogP contribution < -0.4 is 9.47 Å². The minimum atomic E-state index is -0.480. The number of amides is 1. The average Bonchev–Trinajstić information content (AvgIpc) is 2.48. The fraction of sp³-hybridized carbons (Fsp3) is 0.611. The highest BCUT2D eigenvalue weighted by Crippen LogP contribution is 2.29. The standard InChI is InChI=1S/C18H27NO4/c1-5-21-15-10-6-7-11-16(15)22-14-9-8-12-19(13-14)17(20)23-18(2,3)4/h6-7,10-11,14H,5,8-9,12-13H2,1-4H3. The van der Waals surface area contributed by atoms with E-state index in [2.05, 4.69) is 0 Å². The van der Waals surface area contributed by atoms with Crippen molar-refractivity contribution in [3.8, 4) is 11.5 Å². The molecule has 1 aromatic carbocycles. The molecule has 1 aromatic rings. The number of piperidine rings is 1. The molecule has 0 aromatic heterocycles. The molecule has 5 heteroatoms. The third-order valence-electron chi connectivity index (χ3n) is 3.47. The molecule has 1 atom stereocenters. The fourth-order valence-electron chi connectivity index (χ4n) is 2.53. The Morgan fingerprint density at radius 2 is 1.96 bits per heavy atom. The molecule has 128 valence electrons. The maximum atomic E-state index is 12.2. The molecular formula is C18H27NO4. The lowest BCUT2D eigenvalue weighted by Crippen LogP contribution is -2.46. The van der Waals surface area contributed by atoms with Gasteiger partial charge in [-0.05, 0) is 52.7 Å². The highest BCUT2D eigenvalue weighted by atomic mass is 16.6. The summed E-state index contributed by atoms with van der Waals surface area (Å²) in [5.41, 5.74) is -0.480. The highest BCUT2D eigenvalue weighted by Gasteiger charge is 2.28. The molecule has 1 amide bonds. The summed E-state index contributed by atoms with van der Waals surface area (Å²) in [7, 11) is 0. The SMILES string of the molecule is CCOc1ccccc1OC1CCCN(C(=O)OC(C)(C)C)C1. The third kappa shape index (κ3) is 5.34. The predicted molar refractivity (Wildman–Crippen MR) is 89.1 cm³/mol. The lowest BCUT2D eigenvalue weighted by Gasteiger charge is -2.34. The zero-order valence-corrected chi connectivity index (χ0v) is 14.5. The number of hydrogen-bond donors (Lipinski definition) is 0. The summed E-state index contributed by atoms with van der Waals surface area (Å²) in [5.74, 6) is 1.47. The second-order valence-electron chi connectivity index (χ2n) is 6.69. The number of likely N-dealkylation sites (tertiary alicyclic amines) is 1. The molecule has 0 N–H and O–H groups in total. The van der Waals surface area contributed by atoms with E-state index < -0.39 is 5.60 Å². The van der Waals surface area contributed by atoms with Gasteiger partial charge in [0.15, 0.2) is 11.5 Å². The van der Waals surface area contributed by atoms with Crippen LogP contribution in [0.2, 0.25) is 0 Å². The van der Waals surface area contributed by atoms with E-state index in [1.165, 1.54) is 0 Å². The largest absolute Gasteiger partial charge is 0.490 e. The predicted octanol–water partition coefficient (Wildman–Crippen LogP) is 3.86. The number of rotatable bonds is 4. The second-order valence-corrected chi connectivity index (χ2v) is 6.69. The Bertz CT molecular complexity index is 524. The molecule has 1 fully saturated rings. The van der Waals surface area contributed by atoms with E-state index in [1.54, 1.807) is 4.90 Å². The van der Waals surface area contributed by atoms with Crippen LogP contribution in [0.5, 0.6) is 11.5 Å². The number of carbonyl (C=O) groups is 1. The Morgan fingerprint density at radius 3 is 2.61 bits per heavy atom. The Morgan fingerprint density at radius 1 is 1.26 bits per heavy atom. The molecule has 0 spiro atoms. The first kappa shape index (κ1) is 17.4. The molecule has 1 aliphatic heterocycles. The van der Waals surface area contributed by atoms with Crippen molar-refractivity contribution in [3.05, 3.63) is 24.3 Å². The first-order valence-electron chi connectivity index (χ1n) is 8.25. The summed E-state index contributed by atoms with van der Waals surface area (Å²) in [6.45, 7) is 9.41. The molecular weight excluding hydrogens is 294 g/mol. The maximum absolute atomic E-state index is 12.2. The minimum Gasteiger partial charge on any atom is -0.490 e. The molecule has 0 saturated carbocycles. The molecule has 0 aliphatic carbocycles. The quantitative estimate of drug-likeness (QED) is 0.845. The molecule has 0 bridgehead atoms. The summed E-state index contributed by atoms with van der Waals surface area (Å²) in [6, 6.07) is 7.64. The molecule has 1 unspecified atom stereocenters. The lowest BCUT2D eigenvalue weighted by molar-refractivity contribution is 0.00747. The average molecular weight is 321 g/mol. The van der Waals surface area contributed by atoms with Crippen molar-refractivity contribution in [2.45, 2.75) is 52.2 Å². The Kier molecular flexibility index (Phi) is 5.74. The van der Waals surface area contributed by atoms with Crippen LogP contribution in [0.15, 0.2) is 24.3 Å². The molecule has 0 radical (unpaired) electrons. The first-order chi connectivity index (χ1) is 10.9. The number of carbonyl (C=O) groups excluding carboxylic acids is 1. The van der Waals surface area contributed by atoms with Crippen molar-refractivity contribution in [2.75, 3.05) is 19.7 Å². The number of ether oxygens (including phenoxy) is 3. The summed E-state index contributed by atoms with van der Waals surface area (Å²) in [5, 5.41) is 0. The molecule has 1 heterocycles. The van der Waals surface area contributed by atoms with Crippen molar-refractivity contribution in [1.82, 2.24) is 4.90 Å². The molecule has 5 nitrogen and oxygen atoms in total. The van der Waals surface area contributed by atoms with Gasteiger partial charge in [-0.15, -0.1) is 0 Å². The Balaban J connectivity index is 1.98. The molecule has 1 saturated heterocycles. The normalized spacial score (nSPS) is 18.4. The van der Waals surface area contributed by atoms with Gasteiger partial charge < -0.3 is 19.1 Å². The summed E-state index contributed by atoms with van der Waals surface area (Å²) < 4.78 is 17.1. The smallest absolute Gasteiger partial charge is 0.410 e. The van der Waals surface area contributed by atoms with Crippen LogP contribution >= 0.6 is 0 Å². The van der Waals surface area contributed by atoms with Crippen LogP contribution in [-0.4, -0.2) is 42.4 Å². The van der Waals surface area contributed by atoms with E-state index in [0.717, 1.165) is 24.3 Å². The van der Waals surface area contributed by atoms with Crippen LogP contribution in [0.4, 0.5) is 4.79 Å². The van der Waals surface area contributed by atoms with Gasteiger partial charge in [0.05, 0.1) is 13.2 Å². The third-order valence-corrected chi connectivity index (χ3v) is 3.47. The van der Waals surface area contributed by atoms with Gasteiger partial charge in [-0.2, -0.15) is 0 Å². The highest BCUT2D eigenvalue weighted by molar-refractivity contribution is 5.68. The van der Waals surface area contributed by atoms with E-state index >= 15 is 0 Å². The van der Waals surface area contributed by atoms with Crippen molar-refractivity contribution >= 4 is 6.09 Å². The first-order valence-corrected chi connectivity index (χ1v) is 8.25. The van der Waals surface area contributed by atoms with Crippen molar-refractivity contribution < 1.29 is 19.0 Å². The summed E-state index contributed by atoms with van der Waals surface area (Å²) >= 11 is 0. The topological polar surface area (TPSA) is 48.0 Å². The maximum Gasteiger partial charge on any atom is 0.410 e. The van der Waals surface area contributed by atoms with Crippen LogP contribution in [0.25, 0.3) is 0 Å². The number of hydrogen-bond acceptors (Lipinski definition) is 4. The second kappa shape index (κ2) is 7.57. The van der Waals surface area contributed by atoms with E-state index in [1.807, 2.05) is 52.0 Å². The van der Waals surface area contributed by atoms with Crippen LogP contribution in [-0.2, 0) is 4.74 Å². The molecule has 1 aliphatic rings. The molecule has 2 rings (SSSR count). The van der Waals surface area contributed by atoms with Gasteiger partial charge in [-0.3, -0.25) is 0 Å². The van der Waals surface area contributed by atoms with Gasteiger partial charge >= 0.3 is 6.09 Å². The summed E-state index contributed by atoms with van der Waals surface area (Å²) in [4.78, 5) is 13.9. The van der Waals surface area contributed by atoms with Gasteiger partial charge in [-0.1, -0.05) is 12.1 Å². The lowest BCUT2D eigenvalue weighted by atomic mass is 10.1. The van der Waals surface area contributed by atoms with Crippen LogP contribution in [0.1, 0.15) is 40.5 Å². The van der Waals surface area contributed by atoms with Gasteiger partial charge in [-0.25, -0.2) is 4.79 Å². The number of benzene rings is 1. The van der Waals surface area contributed by atoms with Crippen molar-refractivity contribution in [2.24, 2.45) is 0 Å². The van der Waals surface area contributed by atoms with E-state index in [0.29, 0.717) is 19.7 Å². The van der Waals surface area contributed by atoms with Crippen LogP contribution in [0, 0.1) is 0 Å². The number of para-hydroxylation sites is 2. The van der Waals surface area contributed by atoms with E-state index in [4.69, 9.17) is 14.2 Å².